The van der Waals surface area contributed by atoms with Crippen molar-refractivity contribution in [3.05, 3.63) is 30.4 Å². The van der Waals surface area contributed by atoms with E-state index in [1.54, 1.807) is 35.9 Å². The minimum absolute atomic E-state index is 0.249. The Labute approximate surface area is 86.5 Å². The fraction of sp³-hybridized carbons (Fsp3) is 0.200. The number of nitrogens with two attached hydrogens (primary N) is 1. The summed E-state index contributed by atoms with van der Waals surface area (Å²) in [6, 6.07) is 3.51. The van der Waals surface area contributed by atoms with E-state index in [2.05, 4.69) is 4.98 Å². The highest BCUT2D eigenvalue weighted by molar-refractivity contribution is 5.88. The molecular formula is C10H11N3O2. The van der Waals surface area contributed by atoms with Gasteiger partial charge in [-0.25, -0.2) is 9.78 Å². The molecule has 0 aromatic carbocycles. The predicted molar refractivity (Wildman–Crippen MR) is 55.6 cm³/mol. The fourth-order valence-electron chi connectivity index (χ4n) is 1.39. The van der Waals surface area contributed by atoms with Crippen LogP contribution in [-0.2, 0) is 4.74 Å². The van der Waals surface area contributed by atoms with Crippen molar-refractivity contribution in [2.75, 3.05) is 12.3 Å². The molecule has 0 unspecified atom stereocenters. The SMILES string of the molecule is CCOC(=O)c1ncc2c(N)cccn12. The molecule has 0 atom stereocenters. The summed E-state index contributed by atoms with van der Waals surface area (Å²) in [6.07, 6.45) is 3.28. The first kappa shape index (κ1) is 9.51. The topological polar surface area (TPSA) is 69.6 Å². The number of carbonyl (C=O) groups excluding carboxylic acids is 1. The number of pyridine rings is 1. The summed E-state index contributed by atoms with van der Waals surface area (Å²) in [5.74, 6) is -0.192. The monoisotopic (exact) mass is 205 g/mol. The van der Waals surface area contributed by atoms with E-state index in [1.165, 1.54) is 0 Å². The first-order chi connectivity index (χ1) is 7.24. The first-order valence-corrected chi connectivity index (χ1v) is 4.62. The van der Waals surface area contributed by atoms with Gasteiger partial charge in [0, 0.05) is 6.20 Å². The molecule has 0 saturated heterocycles. The van der Waals surface area contributed by atoms with E-state index < -0.39 is 5.97 Å². The molecule has 0 aliphatic rings. The Morgan fingerprint density at radius 1 is 1.67 bits per heavy atom. The minimum atomic E-state index is -0.442. The maximum absolute atomic E-state index is 11.5. The van der Waals surface area contributed by atoms with Crippen molar-refractivity contribution < 1.29 is 9.53 Å². The maximum Gasteiger partial charge on any atom is 0.374 e. The van der Waals surface area contributed by atoms with Gasteiger partial charge in [-0.1, -0.05) is 0 Å². The number of imidazole rings is 1. The van der Waals surface area contributed by atoms with Gasteiger partial charge in [0.1, 0.15) is 0 Å². The van der Waals surface area contributed by atoms with E-state index in [0.29, 0.717) is 17.8 Å². The van der Waals surface area contributed by atoms with Crippen LogP contribution in [0.25, 0.3) is 5.52 Å². The van der Waals surface area contributed by atoms with E-state index in [0.717, 1.165) is 0 Å². The third kappa shape index (κ3) is 1.52. The number of ether oxygens (including phenoxy) is 1. The van der Waals surface area contributed by atoms with E-state index in [9.17, 15) is 4.79 Å². The smallest absolute Gasteiger partial charge is 0.374 e. The molecular weight excluding hydrogens is 194 g/mol. The number of nitrogen functional groups attached to an aromatic ring is 1. The maximum atomic E-state index is 11.5. The second-order valence-electron chi connectivity index (χ2n) is 3.02. The summed E-state index contributed by atoms with van der Waals surface area (Å²) < 4.78 is 6.49. The van der Waals surface area contributed by atoms with Crippen molar-refractivity contribution in [2.24, 2.45) is 0 Å². The summed E-state index contributed by atoms with van der Waals surface area (Å²) in [4.78, 5) is 15.5. The third-order valence-electron chi connectivity index (χ3n) is 2.06. The third-order valence-corrected chi connectivity index (χ3v) is 2.06. The van der Waals surface area contributed by atoms with Crippen LogP contribution in [0.1, 0.15) is 17.5 Å². The molecule has 0 bridgehead atoms. The van der Waals surface area contributed by atoms with Crippen molar-refractivity contribution in [2.45, 2.75) is 6.92 Å². The van der Waals surface area contributed by atoms with Gasteiger partial charge in [0.2, 0.25) is 5.82 Å². The lowest BCUT2D eigenvalue weighted by atomic mass is 10.3. The summed E-state index contributed by atoms with van der Waals surface area (Å²) in [5.41, 5.74) is 7.02. The lowest BCUT2D eigenvalue weighted by Gasteiger charge is -2.01. The van der Waals surface area contributed by atoms with Gasteiger partial charge in [-0.3, -0.25) is 4.40 Å². The summed E-state index contributed by atoms with van der Waals surface area (Å²) in [5, 5.41) is 0. The second kappa shape index (κ2) is 3.61. The van der Waals surface area contributed by atoms with Gasteiger partial charge in [0.05, 0.1) is 24.0 Å². The van der Waals surface area contributed by atoms with Crippen LogP contribution in [0.4, 0.5) is 5.69 Å². The van der Waals surface area contributed by atoms with Gasteiger partial charge in [0.15, 0.2) is 0 Å². The molecule has 0 spiro atoms. The number of hydrogen-bond acceptors (Lipinski definition) is 4. The molecule has 2 aromatic rings. The Morgan fingerprint density at radius 2 is 2.47 bits per heavy atom. The van der Waals surface area contributed by atoms with Crippen LogP contribution >= 0.6 is 0 Å². The van der Waals surface area contributed by atoms with Crippen molar-refractivity contribution in [3.8, 4) is 0 Å². The molecule has 5 heteroatoms. The van der Waals surface area contributed by atoms with E-state index in [-0.39, 0.29) is 5.82 Å². The largest absolute Gasteiger partial charge is 0.460 e. The van der Waals surface area contributed by atoms with Crippen LogP contribution in [0.3, 0.4) is 0 Å². The number of hydrogen-bond donors (Lipinski definition) is 1. The first-order valence-electron chi connectivity index (χ1n) is 4.62. The summed E-state index contributed by atoms with van der Waals surface area (Å²) in [6.45, 7) is 2.08. The Morgan fingerprint density at radius 3 is 3.20 bits per heavy atom. The minimum Gasteiger partial charge on any atom is -0.460 e. The summed E-state index contributed by atoms with van der Waals surface area (Å²) in [7, 11) is 0. The van der Waals surface area contributed by atoms with Gasteiger partial charge >= 0.3 is 5.97 Å². The molecule has 0 saturated carbocycles. The van der Waals surface area contributed by atoms with Crippen molar-refractivity contribution in [1.29, 1.82) is 0 Å². The number of nitrogens with zero attached hydrogens (tertiary/aromatic N) is 2. The Kier molecular flexibility index (Phi) is 2.29. The molecule has 15 heavy (non-hydrogen) atoms. The highest BCUT2D eigenvalue weighted by atomic mass is 16.5. The van der Waals surface area contributed by atoms with Crippen LogP contribution in [0, 0.1) is 0 Å². The molecule has 78 valence electrons. The molecule has 0 radical (unpaired) electrons. The number of aromatic nitrogens is 2. The lowest BCUT2D eigenvalue weighted by molar-refractivity contribution is 0.0511. The molecule has 0 fully saturated rings. The van der Waals surface area contributed by atoms with Crippen molar-refractivity contribution in [3.63, 3.8) is 0 Å². The van der Waals surface area contributed by atoms with Gasteiger partial charge in [-0.05, 0) is 19.1 Å². The Bertz CT molecular complexity index is 504. The highest BCUT2D eigenvalue weighted by Gasteiger charge is 2.14. The predicted octanol–water partition coefficient (Wildman–Crippen LogP) is 1.09. The molecule has 0 aliphatic heterocycles. The fourth-order valence-corrected chi connectivity index (χ4v) is 1.39. The highest BCUT2D eigenvalue weighted by Crippen LogP contribution is 2.14. The van der Waals surface area contributed by atoms with Gasteiger partial charge in [-0.15, -0.1) is 0 Å². The van der Waals surface area contributed by atoms with E-state index >= 15 is 0 Å². The Hall–Kier alpha value is -2.04. The molecule has 5 nitrogen and oxygen atoms in total. The molecule has 0 amide bonds. The quantitative estimate of drug-likeness (QED) is 0.745. The van der Waals surface area contributed by atoms with Gasteiger partial charge < -0.3 is 10.5 Å². The molecule has 2 N–H and O–H groups in total. The Balaban J connectivity index is 2.54. The van der Waals surface area contributed by atoms with Gasteiger partial charge in [-0.2, -0.15) is 0 Å². The molecule has 0 aliphatic carbocycles. The standard InChI is InChI=1S/C10H11N3O2/c1-2-15-10(14)9-12-6-8-7(11)4-3-5-13(8)9/h3-6H,2,11H2,1H3. The average Bonchev–Trinajstić information content (AvgIpc) is 2.63. The lowest BCUT2D eigenvalue weighted by Crippen LogP contribution is -2.09. The van der Waals surface area contributed by atoms with Gasteiger partial charge in [0.25, 0.3) is 0 Å². The number of fused-ring (bicyclic) bond motifs is 1. The zero-order chi connectivity index (χ0) is 10.8. The van der Waals surface area contributed by atoms with Crippen molar-refractivity contribution in [1.82, 2.24) is 9.38 Å². The van der Waals surface area contributed by atoms with Crippen LogP contribution in [-0.4, -0.2) is 22.0 Å². The second-order valence-corrected chi connectivity index (χ2v) is 3.02. The molecule has 2 rings (SSSR count). The zero-order valence-corrected chi connectivity index (χ0v) is 8.30. The summed E-state index contributed by atoms with van der Waals surface area (Å²) >= 11 is 0. The number of esters is 1. The van der Waals surface area contributed by atoms with E-state index in [1.807, 2.05) is 0 Å². The number of rotatable bonds is 2. The molecule has 2 heterocycles. The number of anilines is 1. The zero-order valence-electron chi connectivity index (χ0n) is 8.30. The number of carbonyl (C=O) groups is 1. The van der Waals surface area contributed by atoms with Crippen LogP contribution in [0.2, 0.25) is 0 Å². The van der Waals surface area contributed by atoms with E-state index in [4.69, 9.17) is 10.5 Å². The van der Waals surface area contributed by atoms with Crippen LogP contribution < -0.4 is 5.73 Å². The normalized spacial score (nSPS) is 10.5. The van der Waals surface area contributed by atoms with Crippen molar-refractivity contribution >= 4 is 17.2 Å². The van der Waals surface area contributed by atoms with Crippen LogP contribution in [0.5, 0.6) is 0 Å². The molecule has 2 aromatic heterocycles. The average molecular weight is 205 g/mol. The van der Waals surface area contributed by atoms with Crippen LogP contribution in [0.15, 0.2) is 24.5 Å².